The zero-order valence-corrected chi connectivity index (χ0v) is 8.03. The van der Waals surface area contributed by atoms with Gasteiger partial charge in [0.05, 0.1) is 0 Å². The van der Waals surface area contributed by atoms with Gasteiger partial charge in [0.15, 0.2) is 0 Å². The molecule has 0 saturated carbocycles. The highest BCUT2D eigenvalue weighted by Gasteiger charge is 2.09. The molecule has 0 aliphatic carbocycles. The van der Waals surface area contributed by atoms with Gasteiger partial charge in [0.2, 0.25) is 5.91 Å². The number of aliphatic imine (C=N–C) groups is 1. The van der Waals surface area contributed by atoms with E-state index in [1.54, 1.807) is 26.4 Å². The molecule has 0 aromatic heterocycles. The Hall–Kier alpha value is -1.32. The number of nitrogens with two attached hydrogens (primary N) is 1. The molecular weight excluding hydrogens is 163 g/mol. The van der Waals surface area contributed by atoms with Gasteiger partial charge in [-0.15, -0.1) is 0 Å². The molecule has 0 rings (SSSR count). The predicted octanol–water partition coefficient (Wildman–Crippen LogP) is 1.42. The van der Waals surface area contributed by atoms with Gasteiger partial charge in [0.25, 0.3) is 0 Å². The SMILES string of the molecule is C=C/C=C\C(N)=NC(=O)C(C)[B]C.[HH]. The first-order valence-corrected chi connectivity index (χ1v) is 4.08. The van der Waals surface area contributed by atoms with Crippen LogP contribution in [0.3, 0.4) is 0 Å². The molecule has 1 amide bonds. The molecule has 13 heavy (non-hydrogen) atoms. The summed E-state index contributed by atoms with van der Waals surface area (Å²) in [6.07, 6.45) is 4.74. The van der Waals surface area contributed by atoms with Gasteiger partial charge in [0.1, 0.15) is 13.1 Å². The van der Waals surface area contributed by atoms with Crippen molar-refractivity contribution < 1.29 is 6.22 Å². The lowest BCUT2D eigenvalue weighted by Crippen LogP contribution is -2.14. The Bertz CT molecular complexity index is 251. The van der Waals surface area contributed by atoms with Crippen LogP contribution in [0.2, 0.25) is 12.6 Å². The molecule has 4 heteroatoms. The zero-order chi connectivity index (χ0) is 10.3. The number of amides is 1. The summed E-state index contributed by atoms with van der Waals surface area (Å²) in [5.74, 6) is -0.206. The topological polar surface area (TPSA) is 55.4 Å². The Morgan fingerprint density at radius 2 is 2.38 bits per heavy atom. The second-order valence-corrected chi connectivity index (χ2v) is 2.59. The summed E-state index contributed by atoms with van der Waals surface area (Å²) in [7, 11) is 1.77. The molecule has 0 spiro atoms. The molecule has 0 aromatic carbocycles. The smallest absolute Gasteiger partial charge is 0.242 e. The Balaban J connectivity index is 0. The van der Waals surface area contributed by atoms with E-state index in [-0.39, 0.29) is 19.0 Å². The first-order valence-electron chi connectivity index (χ1n) is 4.08. The monoisotopic (exact) mass is 179 g/mol. The lowest BCUT2D eigenvalue weighted by atomic mass is 9.68. The maximum absolute atomic E-state index is 11.2. The molecule has 1 atom stereocenters. The van der Waals surface area contributed by atoms with E-state index in [1.165, 1.54) is 6.08 Å². The molecule has 3 nitrogen and oxygen atoms in total. The Morgan fingerprint density at radius 1 is 1.77 bits per heavy atom. The van der Waals surface area contributed by atoms with Crippen molar-refractivity contribution in [3.05, 3.63) is 24.8 Å². The van der Waals surface area contributed by atoms with Crippen molar-refractivity contribution >= 4 is 19.0 Å². The molecule has 0 bridgehead atoms. The number of hydrogen-bond acceptors (Lipinski definition) is 1. The summed E-state index contributed by atoms with van der Waals surface area (Å²) in [6.45, 7) is 7.06. The van der Waals surface area contributed by atoms with Crippen molar-refractivity contribution in [2.24, 2.45) is 10.7 Å². The van der Waals surface area contributed by atoms with Crippen molar-refractivity contribution in [1.29, 1.82) is 0 Å². The van der Waals surface area contributed by atoms with Crippen LogP contribution >= 0.6 is 0 Å². The average molecular weight is 179 g/mol. The van der Waals surface area contributed by atoms with Crippen LogP contribution in [-0.2, 0) is 4.79 Å². The molecule has 1 radical (unpaired) electrons. The third-order valence-corrected chi connectivity index (χ3v) is 1.53. The van der Waals surface area contributed by atoms with Gasteiger partial charge in [-0.1, -0.05) is 32.5 Å². The maximum atomic E-state index is 11.2. The van der Waals surface area contributed by atoms with Crippen molar-refractivity contribution in [1.82, 2.24) is 0 Å². The van der Waals surface area contributed by atoms with Crippen LogP contribution in [0.15, 0.2) is 29.8 Å². The van der Waals surface area contributed by atoms with Crippen LogP contribution in [0.25, 0.3) is 0 Å². The van der Waals surface area contributed by atoms with Gasteiger partial charge in [-0.25, -0.2) is 0 Å². The summed E-state index contributed by atoms with van der Waals surface area (Å²) in [4.78, 5) is 14.9. The summed E-state index contributed by atoms with van der Waals surface area (Å²) in [5, 5.41) is 0. The fraction of sp³-hybridized carbons (Fsp3) is 0.333. The molecule has 0 aliphatic rings. The summed E-state index contributed by atoms with van der Waals surface area (Å²) >= 11 is 0. The normalized spacial score (nSPS) is 14.2. The zero-order valence-electron chi connectivity index (χ0n) is 8.03. The fourth-order valence-corrected chi connectivity index (χ4v) is 0.576. The van der Waals surface area contributed by atoms with Gasteiger partial charge in [-0.2, -0.15) is 4.99 Å². The molecule has 0 fully saturated rings. The molecule has 71 valence electrons. The number of carbonyl (C=O) groups is 1. The Kier molecular flexibility index (Phi) is 5.60. The Labute approximate surface area is 81.1 Å². The largest absolute Gasteiger partial charge is 0.384 e. The van der Waals surface area contributed by atoms with E-state index in [1.807, 2.05) is 6.82 Å². The van der Waals surface area contributed by atoms with E-state index in [4.69, 9.17) is 5.73 Å². The molecule has 0 aliphatic heterocycles. The summed E-state index contributed by atoms with van der Waals surface area (Å²) in [5.41, 5.74) is 5.43. The molecule has 0 heterocycles. The van der Waals surface area contributed by atoms with E-state index in [9.17, 15) is 4.79 Å². The number of rotatable bonds is 4. The number of amidine groups is 1. The fourth-order valence-electron chi connectivity index (χ4n) is 0.576. The van der Waals surface area contributed by atoms with Crippen LogP contribution in [-0.4, -0.2) is 19.0 Å². The van der Waals surface area contributed by atoms with Gasteiger partial charge >= 0.3 is 0 Å². The predicted molar refractivity (Wildman–Crippen MR) is 59.1 cm³/mol. The number of nitrogens with zero attached hydrogens (tertiary/aromatic N) is 1. The minimum Gasteiger partial charge on any atom is -0.384 e. The molecular formula is C9H16BN2O. The second kappa shape index (κ2) is 6.23. The minimum absolute atomic E-state index is 0. The van der Waals surface area contributed by atoms with Gasteiger partial charge < -0.3 is 5.73 Å². The molecule has 0 aromatic rings. The Morgan fingerprint density at radius 3 is 2.85 bits per heavy atom. The number of hydrogen-bond donors (Lipinski definition) is 1. The molecule has 0 saturated heterocycles. The van der Waals surface area contributed by atoms with Gasteiger partial charge in [-0.05, 0) is 6.08 Å². The summed E-state index contributed by atoms with van der Waals surface area (Å²) < 4.78 is 0. The highest BCUT2D eigenvalue weighted by molar-refractivity contribution is 6.42. The molecule has 1 unspecified atom stereocenters. The standard InChI is InChI=1S/C9H14BN2O.H2/c1-4-5-6-8(11)12-9(13)7(2)10-3;/h4-7H,1H2,2-3H3,(H2,11,12,13);1H/b6-5-;. The van der Waals surface area contributed by atoms with E-state index < -0.39 is 0 Å². The van der Waals surface area contributed by atoms with Crippen molar-refractivity contribution in [3.63, 3.8) is 0 Å². The summed E-state index contributed by atoms with van der Waals surface area (Å²) in [6, 6.07) is 0. The van der Waals surface area contributed by atoms with Crippen LogP contribution < -0.4 is 5.73 Å². The van der Waals surface area contributed by atoms with Crippen molar-refractivity contribution in [3.8, 4) is 0 Å². The van der Waals surface area contributed by atoms with E-state index in [0.29, 0.717) is 0 Å². The number of carbonyl (C=O) groups excluding carboxylic acids is 1. The third kappa shape index (κ3) is 5.01. The lowest BCUT2D eigenvalue weighted by Gasteiger charge is -2.00. The van der Waals surface area contributed by atoms with Crippen molar-refractivity contribution in [2.75, 3.05) is 0 Å². The highest BCUT2D eigenvalue weighted by atomic mass is 16.1. The third-order valence-electron chi connectivity index (χ3n) is 1.53. The van der Waals surface area contributed by atoms with E-state index in [0.717, 1.165) is 0 Å². The van der Waals surface area contributed by atoms with Crippen LogP contribution in [0.1, 0.15) is 8.35 Å². The van der Waals surface area contributed by atoms with Gasteiger partial charge in [0, 0.05) is 7.24 Å². The van der Waals surface area contributed by atoms with Crippen LogP contribution in [0, 0.1) is 0 Å². The van der Waals surface area contributed by atoms with E-state index in [2.05, 4.69) is 11.6 Å². The first kappa shape index (κ1) is 11.7. The minimum atomic E-state index is -0.228. The highest BCUT2D eigenvalue weighted by Crippen LogP contribution is 2.02. The average Bonchev–Trinajstić information content (AvgIpc) is 2.13. The van der Waals surface area contributed by atoms with Crippen LogP contribution in [0.5, 0.6) is 0 Å². The van der Waals surface area contributed by atoms with Gasteiger partial charge in [-0.3, -0.25) is 4.79 Å². The second-order valence-electron chi connectivity index (χ2n) is 2.59. The maximum Gasteiger partial charge on any atom is 0.242 e. The van der Waals surface area contributed by atoms with E-state index >= 15 is 0 Å². The lowest BCUT2D eigenvalue weighted by molar-refractivity contribution is -0.117. The van der Waals surface area contributed by atoms with Crippen molar-refractivity contribution in [2.45, 2.75) is 19.6 Å². The molecule has 2 N–H and O–H groups in total. The first-order chi connectivity index (χ1) is 6.11. The quantitative estimate of drug-likeness (QED) is 0.307. The van der Waals surface area contributed by atoms with Crippen LogP contribution in [0.4, 0.5) is 0 Å². The number of allylic oxidation sites excluding steroid dienone is 2.